The third-order valence-electron chi connectivity index (χ3n) is 2.30. The Morgan fingerprint density at radius 3 is 2.58 bits per heavy atom. The fourth-order valence-corrected chi connectivity index (χ4v) is 4.17. The molecule has 108 valence electrons. The first-order valence-electron chi connectivity index (χ1n) is 5.44. The van der Waals surface area contributed by atoms with Crippen LogP contribution in [-0.4, -0.2) is 50.1 Å². The molecule has 0 atom stereocenters. The zero-order valence-electron chi connectivity index (χ0n) is 11.2. The molecular weight excluding hydrogens is 290 g/mol. The first kappa shape index (κ1) is 16.1. The van der Waals surface area contributed by atoms with Crippen molar-refractivity contribution in [1.29, 1.82) is 0 Å². The number of likely N-dealkylation sites (N-methyl/N-ethyl adjacent to an activating group) is 1. The summed E-state index contributed by atoms with van der Waals surface area (Å²) in [4.78, 5) is 11.4. The van der Waals surface area contributed by atoms with Gasteiger partial charge in [-0.3, -0.25) is 0 Å². The smallest absolute Gasteiger partial charge is 0.349 e. The number of aliphatic hydroxyl groups is 1. The molecule has 1 heterocycles. The van der Waals surface area contributed by atoms with E-state index in [-0.39, 0.29) is 16.3 Å². The second-order valence-electron chi connectivity index (χ2n) is 4.68. The number of carbonyl (C=O) groups excluding carboxylic acids is 1. The molecule has 19 heavy (non-hydrogen) atoms. The van der Waals surface area contributed by atoms with E-state index in [0.29, 0.717) is 0 Å². The number of ether oxygens (including phenoxy) is 1. The zero-order chi connectivity index (χ0) is 14.8. The Hall–Kier alpha value is -0.960. The lowest BCUT2D eigenvalue weighted by Gasteiger charge is -2.24. The largest absolute Gasteiger partial charge is 0.465 e. The maximum absolute atomic E-state index is 12.3. The van der Waals surface area contributed by atoms with Gasteiger partial charge in [0.25, 0.3) is 0 Å². The minimum absolute atomic E-state index is 0.0325. The molecule has 1 N–H and O–H groups in total. The lowest BCUT2D eigenvalue weighted by Crippen LogP contribution is -2.39. The number of hydrogen-bond donors (Lipinski definition) is 1. The van der Waals surface area contributed by atoms with E-state index in [1.54, 1.807) is 0 Å². The van der Waals surface area contributed by atoms with Gasteiger partial charge in [-0.2, -0.15) is 4.31 Å². The first-order valence-corrected chi connectivity index (χ1v) is 7.76. The van der Waals surface area contributed by atoms with Crippen molar-refractivity contribution in [1.82, 2.24) is 4.31 Å². The van der Waals surface area contributed by atoms with E-state index in [1.807, 2.05) is 0 Å². The molecule has 0 spiro atoms. The summed E-state index contributed by atoms with van der Waals surface area (Å²) in [7, 11) is -1.29. The van der Waals surface area contributed by atoms with Gasteiger partial charge in [-0.15, -0.1) is 11.3 Å². The number of rotatable bonds is 5. The van der Waals surface area contributed by atoms with Gasteiger partial charge < -0.3 is 9.84 Å². The van der Waals surface area contributed by atoms with Crippen LogP contribution in [0.2, 0.25) is 0 Å². The van der Waals surface area contributed by atoms with Gasteiger partial charge in [0.2, 0.25) is 10.0 Å². The molecule has 1 aromatic rings. The van der Waals surface area contributed by atoms with Crippen molar-refractivity contribution in [3.63, 3.8) is 0 Å². The van der Waals surface area contributed by atoms with E-state index >= 15 is 0 Å². The monoisotopic (exact) mass is 307 g/mol. The van der Waals surface area contributed by atoms with Crippen LogP contribution in [-0.2, 0) is 14.8 Å². The predicted molar refractivity (Wildman–Crippen MR) is 71.8 cm³/mol. The third-order valence-corrected chi connectivity index (χ3v) is 5.17. The number of methoxy groups -OCH3 is 1. The van der Waals surface area contributed by atoms with E-state index in [1.165, 1.54) is 39.5 Å². The molecule has 8 heteroatoms. The second-order valence-corrected chi connectivity index (χ2v) is 7.61. The van der Waals surface area contributed by atoms with Crippen molar-refractivity contribution < 1.29 is 23.1 Å². The number of thiophene rings is 1. The van der Waals surface area contributed by atoms with Crippen molar-refractivity contribution in [2.24, 2.45) is 0 Å². The minimum Gasteiger partial charge on any atom is -0.465 e. The van der Waals surface area contributed by atoms with Gasteiger partial charge in [0.05, 0.1) is 12.7 Å². The van der Waals surface area contributed by atoms with Crippen molar-refractivity contribution in [2.75, 3.05) is 20.7 Å². The summed E-state index contributed by atoms with van der Waals surface area (Å²) in [5.74, 6) is -0.690. The fraction of sp³-hybridized carbons (Fsp3) is 0.545. The molecular formula is C11H17NO5S2. The van der Waals surface area contributed by atoms with E-state index in [0.717, 1.165) is 15.6 Å². The van der Waals surface area contributed by atoms with Crippen LogP contribution in [0.25, 0.3) is 0 Å². The molecule has 6 nitrogen and oxygen atoms in total. The Bertz CT molecular complexity index is 556. The van der Waals surface area contributed by atoms with Gasteiger partial charge in [0, 0.05) is 13.6 Å². The first-order chi connectivity index (χ1) is 8.59. The predicted octanol–water partition coefficient (Wildman–Crippen LogP) is 0.926. The van der Waals surface area contributed by atoms with Crippen molar-refractivity contribution in [3.05, 3.63) is 16.3 Å². The Labute approximate surface area is 116 Å². The van der Waals surface area contributed by atoms with Crippen LogP contribution in [0, 0.1) is 0 Å². The standard InChI is InChI=1S/C11H17NO5S2/c1-11(2,14)7-12(3)19(15,16)8-5-6-18-9(8)10(13)17-4/h5-6,14H,7H2,1-4H3. The molecule has 0 aromatic carbocycles. The highest BCUT2D eigenvalue weighted by molar-refractivity contribution is 7.89. The highest BCUT2D eigenvalue weighted by Crippen LogP contribution is 2.26. The van der Waals surface area contributed by atoms with Gasteiger partial charge in [-0.1, -0.05) is 0 Å². The molecule has 1 rings (SSSR count). The average Bonchev–Trinajstić information content (AvgIpc) is 2.74. The number of sulfonamides is 1. The molecule has 0 aliphatic heterocycles. The minimum atomic E-state index is -3.83. The van der Waals surface area contributed by atoms with E-state index in [2.05, 4.69) is 4.74 Å². The Morgan fingerprint density at radius 2 is 2.11 bits per heavy atom. The topological polar surface area (TPSA) is 83.9 Å². The molecule has 0 aliphatic rings. The summed E-state index contributed by atoms with van der Waals surface area (Å²) >= 11 is 1.00. The number of esters is 1. The normalized spacial score (nSPS) is 12.7. The maximum Gasteiger partial charge on any atom is 0.349 e. The molecule has 0 fully saturated rings. The summed E-state index contributed by atoms with van der Waals surface area (Å²) in [5, 5.41) is 11.2. The van der Waals surface area contributed by atoms with Gasteiger partial charge in [-0.25, -0.2) is 13.2 Å². The third kappa shape index (κ3) is 3.75. The van der Waals surface area contributed by atoms with Crippen molar-refractivity contribution in [3.8, 4) is 0 Å². The molecule has 0 amide bonds. The number of hydrogen-bond acceptors (Lipinski definition) is 6. The van der Waals surface area contributed by atoms with Gasteiger partial charge >= 0.3 is 5.97 Å². The van der Waals surface area contributed by atoms with Crippen LogP contribution in [0.4, 0.5) is 0 Å². The molecule has 0 saturated carbocycles. The Balaban J connectivity index is 3.15. The molecule has 0 unspecified atom stereocenters. The lowest BCUT2D eigenvalue weighted by molar-refractivity contribution is 0.0602. The fourth-order valence-electron chi connectivity index (χ4n) is 1.54. The summed E-state index contributed by atoms with van der Waals surface area (Å²) < 4.78 is 30.2. The summed E-state index contributed by atoms with van der Waals surface area (Å²) in [6.07, 6.45) is 0. The molecule has 0 aliphatic carbocycles. The molecule has 1 aromatic heterocycles. The SMILES string of the molecule is COC(=O)c1sccc1S(=O)(=O)N(C)CC(C)(C)O. The van der Waals surface area contributed by atoms with Crippen molar-refractivity contribution >= 4 is 27.3 Å². The van der Waals surface area contributed by atoms with Crippen LogP contribution in [0.5, 0.6) is 0 Å². The second kappa shape index (κ2) is 5.58. The lowest BCUT2D eigenvalue weighted by atomic mass is 10.1. The van der Waals surface area contributed by atoms with E-state index in [9.17, 15) is 18.3 Å². The van der Waals surface area contributed by atoms with Gasteiger partial charge in [0.15, 0.2) is 0 Å². The quantitative estimate of drug-likeness (QED) is 0.818. The summed E-state index contributed by atoms with van der Waals surface area (Å²) in [5.41, 5.74) is -1.16. The molecule has 0 radical (unpaired) electrons. The Morgan fingerprint density at radius 1 is 1.53 bits per heavy atom. The number of nitrogens with zero attached hydrogens (tertiary/aromatic N) is 1. The van der Waals surface area contributed by atoms with Gasteiger partial charge in [0.1, 0.15) is 9.77 Å². The zero-order valence-corrected chi connectivity index (χ0v) is 12.8. The summed E-state index contributed by atoms with van der Waals surface area (Å²) in [6.45, 7) is 2.94. The van der Waals surface area contributed by atoms with Crippen LogP contribution in [0.15, 0.2) is 16.3 Å². The number of carbonyl (C=O) groups is 1. The highest BCUT2D eigenvalue weighted by Gasteiger charge is 2.31. The average molecular weight is 307 g/mol. The van der Waals surface area contributed by atoms with Crippen LogP contribution in [0.1, 0.15) is 23.5 Å². The maximum atomic E-state index is 12.3. The summed E-state index contributed by atoms with van der Waals surface area (Å²) in [6, 6.07) is 1.35. The van der Waals surface area contributed by atoms with Crippen LogP contribution in [0.3, 0.4) is 0 Å². The van der Waals surface area contributed by atoms with Crippen molar-refractivity contribution in [2.45, 2.75) is 24.3 Å². The Kier molecular flexibility index (Phi) is 4.72. The molecule has 0 saturated heterocycles. The van der Waals surface area contributed by atoms with E-state index < -0.39 is 21.6 Å². The van der Waals surface area contributed by atoms with Crippen LogP contribution >= 0.6 is 11.3 Å². The molecule has 0 bridgehead atoms. The van der Waals surface area contributed by atoms with Gasteiger partial charge in [-0.05, 0) is 25.3 Å². The highest BCUT2D eigenvalue weighted by atomic mass is 32.2. The van der Waals surface area contributed by atoms with Crippen LogP contribution < -0.4 is 0 Å². The van der Waals surface area contributed by atoms with E-state index in [4.69, 9.17) is 0 Å².